The van der Waals surface area contributed by atoms with Gasteiger partial charge in [-0.3, -0.25) is 4.98 Å². The molecule has 1 N–H and O–H groups in total. The van der Waals surface area contributed by atoms with Crippen LogP contribution in [0.5, 0.6) is 0 Å². The molecule has 0 spiro atoms. The molecule has 30 heavy (non-hydrogen) atoms. The molecule has 3 heterocycles. The third-order valence-corrected chi connectivity index (χ3v) is 6.58. The number of hydrogen-bond acceptors (Lipinski definition) is 4. The van der Waals surface area contributed by atoms with Gasteiger partial charge in [0.1, 0.15) is 6.61 Å². The predicted octanol–water partition coefficient (Wildman–Crippen LogP) is 3.92. The Morgan fingerprint density at radius 1 is 1.23 bits per heavy atom. The number of benzene rings is 1. The maximum Gasteiger partial charge on any atom is 0.411 e. The highest BCUT2D eigenvalue weighted by Crippen LogP contribution is 2.35. The Bertz CT molecular complexity index is 930. The van der Waals surface area contributed by atoms with Gasteiger partial charge in [0.05, 0.1) is 23.3 Å². The molecule has 3 aromatic rings. The number of hydrogen-bond donors (Lipinski definition) is 1. The first-order valence-electron chi connectivity index (χ1n) is 9.70. The highest BCUT2D eigenvalue weighted by Gasteiger charge is 2.41. The molecule has 1 fully saturated rings. The van der Waals surface area contributed by atoms with E-state index in [0.29, 0.717) is 18.1 Å². The molecule has 0 bridgehead atoms. The fraction of sp³-hybridized carbons (Fsp3) is 0.450. The highest BCUT2D eigenvalue weighted by atomic mass is 32.2. The molecule has 0 radical (unpaired) electrons. The van der Waals surface area contributed by atoms with E-state index in [1.165, 1.54) is 0 Å². The van der Waals surface area contributed by atoms with Gasteiger partial charge >= 0.3 is 11.3 Å². The van der Waals surface area contributed by atoms with E-state index in [4.69, 9.17) is 4.74 Å². The third-order valence-electron chi connectivity index (χ3n) is 5.39. The number of nitrogens with zero attached hydrogens (tertiary/aromatic N) is 3. The van der Waals surface area contributed by atoms with Crippen molar-refractivity contribution in [3.63, 3.8) is 0 Å². The van der Waals surface area contributed by atoms with Crippen LogP contribution in [0.25, 0.3) is 11.0 Å². The van der Waals surface area contributed by atoms with Crippen LogP contribution in [-0.4, -0.2) is 55.3 Å². The number of imidazole rings is 1. The zero-order valence-electron chi connectivity index (χ0n) is 16.4. The Morgan fingerprint density at radius 2 is 1.97 bits per heavy atom. The first kappa shape index (κ1) is 21.2. The maximum atomic E-state index is 13.0. The van der Waals surface area contributed by atoms with Crippen LogP contribution in [-0.2, 0) is 15.9 Å². The molecule has 4 rings (SSSR count). The predicted molar refractivity (Wildman–Crippen MR) is 107 cm³/mol. The molecule has 0 saturated carbocycles. The largest absolute Gasteiger partial charge is 0.608 e. The lowest BCUT2D eigenvalue weighted by Crippen LogP contribution is -2.50. The Hall–Kier alpha value is -2.01. The van der Waals surface area contributed by atoms with Crippen molar-refractivity contribution in [1.82, 2.24) is 19.4 Å². The molecular weight excluding hydrogens is 417 g/mol. The maximum absolute atomic E-state index is 13.0. The molecule has 10 heteroatoms. The average molecular weight is 440 g/mol. The Morgan fingerprint density at radius 3 is 2.67 bits per heavy atom. The monoisotopic (exact) mass is 440 g/mol. The molecule has 2 aromatic heterocycles. The average Bonchev–Trinajstić information content (AvgIpc) is 3.36. The minimum absolute atomic E-state index is 0.221. The number of aromatic amines is 1. The minimum Gasteiger partial charge on any atom is -0.608 e. The topological polar surface area (TPSA) is 69.1 Å². The van der Waals surface area contributed by atoms with E-state index in [1.807, 2.05) is 65.2 Å². The standard InChI is InChI=1S/C20H23F3N4O2S/c1-14-17(29-12-20(21,22)23)8-11-27(18(14)26-9-4-5-10-26)13-30(28)19-24-15-6-2-3-7-16(15)25-19/h2-7,9-10,14,17-18H,8,11-13H2,1H3,(H,24,25). The fourth-order valence-corrected chi connectivity index (χ4v) is 5.15. The van der Waals surface area contributed by atoms with Gasteiger partial charge in [-0.25, -0.2) is 4.90 Å². The van der Waals surface area contributed by atoms with Crippen LogP contribution in [0.2, 0.25) is 0 Å². The van der Waals surface area contributed by atoms with Gasteiger partial charge < -0.3 is 13.9 Å². The van der Waals surface area contributed by atoms with Gasteiger partial charge in [-0.05, 0) is 30.7 Å². The second-order valence-corrected chi connectivity index (χ2v) is 8.84. The van der Waals surface area contributed by atoms with Crippen LogP contribution in [0.15, 0.2) is 53.9 Å². The smallest absolute Gasteiger partial charge is 0.411 e. The van der Waals surface area contributed by atoms with Gasteiger partial charge in [-0.2, -0.15) is 18.2 Å². The minimum atomic E-state index is -4.36. The lowest BCUT2D eigenvalue weighted by atomic mass is 9.93. The van der Waals surface area contributed by atoms with E-state index < -0.39 is 30.1 Å². The van der Waals surface area contributed by atoms with Gasteiger partial charge in [-0.15, -0.1) is 0 Å². The summed E-state index contributed by atoms with van der Waals surface area (Å²) in [5.41, 5.74) is 1.56. The zero-order chi connectivity index (χ0) is 21.3. The summed E-state index contributed by atoms with van der Waals surface area (Å²) in [5, 5.41) is 0.394. The molecule has 4 unspecified atom stereocenters. The van der Waals surface area contributed by atoms with Crippen LogP contribution in [0.3, 0.4) is 0 Å². The van der Waals surface area contributed by atoms with Crippen molar-refractivity contribution in [2.24, 2.45) is 5.92 Å². The van der Waals surface area contributed by atoms with Gasteiger partial charge in [0.15, 0.2) is 5.88 Å². The first-order chi connectivity index (χ1) is 14.3. The van der Waals surface area contributed by atoms with Crippen molar-refractivity contribution in [3.05, 3.63) is 48.8 Å². The molecule has 1 saturated heterocycles. The second-order valence-electron chi connectivity index (χ2n) is 7.50. The number of fused-ring (bicyclic) bond motifs is 1. The van der Waals surface area contributed by atoms with Crippen molar-refractivity contribution in [1.29, 1.82) is 0 Å². The summed E-state index contributed by atoms with van der Waals surface area (Å²) in [6.07, 6.45) is -0.987. The molecule has 0 aliphatic carbocycles. The Kier molecular flexibility index (Phi) is 6.10. The van der Waals surface area contributed by atoms with Crippen molar-refractivity contribution in [3.8, 4) is 0 Å². The molecule has 6 nitrogen and oxygen atoms in total. The van der Waals surface area contributed by atoms with E-state index in [9.17, 15) is 17.7 Å². The highest BCUT2D eigenvalue weighted by molar-refractivity contribution is 7.91. The van der Waals surface area contributed by atoms with Gasteiger partial charge in [0, 0.05) is 36.0 Å². The third kappa shape index (κ3) is 4.66. The summed E-state index contributed by atoms with van der Waals surface area (Å²) in [5.74, 6) is 0.0000937. The van der Waals surface area contributed by atoms with Crippen LogP contribution in [0.1, 0.15) is 19.5 Å². The van der Waals surface area contributed by atoms with E-state index in [2.05, 4.69) is 9.97 Å². The molecule has 162 valence electrons. The van der Waals surface area contributed by atoms with Crippen molar-refractivity contribution >= 4 is 22.2 Å². The van der Waals surface area contributed by atoms with Crippen LogP contribution in [0, 0.1) is 5.92 Å². The van der Waals surface area contributed by atoms with Crippen molar-refractivity contribution in [2.75, 3.05) is 19.0 Å². The number of rotatable bonds is 6. The summed E-state index contributed by atoms with van der Waals surface area (Å²) in [6, 6.07) is 11.2. The van der Waals surface area contributed by atoms with Crippen LogP contribution < -0.4 is 0 Å². The lowest BCUT2D eigenvalue weighted by molar-refractivity contribution is -0.199. The number of alkyl halides is 3. The number of halogens is 3. The number of ether oxygens (including phenoxy) is 1. The van der Waals surface area contributed by atoms with E-state index >= 15 is 0 Å². The Labute approximate surface area is 175 Å². The molecule has 1 aliphatic rings. The summed E-state index contributed by atoms with van der Waals surface area (Å²) in [7, 11) is 0. The normalized spacial score (nSPS) is 24.4. The number of para-hydroxylation sites is 2. The molecule has 0 amide bonds. The molecule has 1 aliphatic heterocycles. The molecule has 4 atom stereocenters. The lowest BCUT2D eigenvalue weighted by Gasteiger charge is -2.44. The number of aromatic nitrogens is 3. The number of nitrogens with one attached hydrogen (secondary N) is 1. The Balaban J connectivity index is 1.51. The van der Waals surface area contributed by atoms with E-state index in [-0.39, 0.29) is 18.0 Å². The van der Waals surface area contributed by atoms with Gasteiger partial charge in [0.2, 0.25) is 0 Å². The number of H-pyrrole nitrogens is 1. The number of likely N-dealkylation sites (tertiary alicyclic amines) is 1. The SMILES string of the molecule is CC1C(OCC(F)(F)F)CCN(C[S+]([O-])c2nc3ccccc3[nH]2)C1n1cccc1. The summed E-state index contributed by atoms with van der Waals surface area (Å²) in [6.45, 7) is 1.09. The second kappa shape index (κ2) is 8.62. The fourth-order valence-electron chi connectivity index (χ4n) is 4.02. The van der Waals surface area contributed by atoms with Gasteiger partial charge in [-0.1, -0.05) is 19.1 Å². The van der Waals surface area contributed by atoms with E-state index in [1.54, 1.807) is 0 Å². The van der Waals surface area contributed by atoms with Crippen molar-refractivity contribution in [2.45, 2.75) is 36.9 Å². The first-order valence-corrected chi connectivity index (χ1v) is 11.0. The summed E-state index contributed by atoms with van der Waals surface area (Å²) in [4.78, 5) is 9.54. The van der Waals surface area contributed by atoms with E-state index in [0.717, 1.165) is 11.0 Å². The molecule has 1 aromatic carbocycles. The van der Waals surface area contributed by atoms with Crippen LogP contribution >= 0.6 is 0 Å². The van der Waals surface area contributed by atoms with Crippen LogP contribution in [0.4, 0.5) is 13.2 Å². The molecular formula is C20H23F3N4O2S. The summed E-state index contributed by atoms with van der Waals surface area (Å²) < 4.78 is 58.1. The number of piperidine rings is 1. The van der Waals surface area contributed by atoms with Crippen molar-refractivity contribution < 1.29 is 22.5 Å². The zero-order valence-corrected chi connectivity index (χ0v) is 17.2. The van der Waals surface area contributed by atoms with Gasteiger partial charge in [0.25, 0.3) is 0 Å². The quantitative estimate of drug-likeness (QED) is 0.590. The summed E-state index contributed by atoms with van der Waals surface area (Å²) >= 11 is -1.41.